The predicted molar refractivity (Wildman–Crippen MR) is 120 cm³/mol. The summed E-state index contributed by atoms with van der Waals surface area (Å²) >= 11 is 5.80. The average Bonchev–Trinajstić information content (AvgIpc) is 3.10. The van der Waals surface area contributed by atoms with Crippen LogP contribution in [0, 0.1) is 5.82 Å². The molecule has 0 unspecified atom stereocenters. The average molecular weight is 496 g/mol. The zero-order chi connectivity index (χ0) is 23.8. The number of benzene rings is 2. The van der Waals surface area contributed by atoms with Crippen LogP contribution in [0.1, 0.15) is 13.3 Å². The van der Waals surface area contributed by atoms with E-state index in [1.165, 1.54) is 28.6 Å². The Morgan fingerprint density at radius 3 is 2.33 bits per heavy atom. The third kappa shape index (κ3) is 4.61. The van der Waals surface area contributed by atoms with Crippen LogP contribution in [0.2, 0.25) is 5.02 Å². The number of anilines is 1. The van der Waals surface area contributed by atoms with Gasteiger partial charge in [-0.2, -0.15) is 4.31 Å². The molecule has 2 heterocycles. The van der Waals surface area contributed by atoms with E-state index in [1.54, 1.807) is 12.1 Å². The van der Waals surface area contributed by atoms with Gasteiger partial charge in [-0.3, -0.25) is 14.5 Å². The molecule has 2 aliphatic heterocycles. The summed E-state index contributed by atoms with van der Waals surface area (Å²) in [5, 5.41) is -0.176. The standard InChI is InChI=1S/C22H23ClFN3O5S/c1-2-32-16-4-6-17(7-5-16)33(30,31)26-11-9-25(10-12-26)20-14-21(28)27(22(20)29)15-3-8-19(24)18(23)13-15/h3-8,13,20H,2,9-12,14H2,1H3/t20-/m0/s1. The lowest BCUT2D eigenvalue weighted by atomic mass is 10.2. The van der Waals surface area contributed by atoms with Gasteiger partial charge >= 0.3 is 0 Å². The number of piperazine rings is 1. The second-order valence-electron chi connectivity index (χ2n) is 7.73. The maximum absolute atomic E-state index is 13.5. The molecular weight excluding hydrogens is 473 g/mol. The number of sulfonamides is 1. The van der Waals surface area contributed by atoms with Crippen LogP contribution in [0.5, 0.6) is 5.75 Å². The first-order valence-electron chi connectivity index (χ1n) is 10.5. The van der Waals surface area contributed by atoms with Crippen molar-refractivity contribution in [2.45, 2.75) is 24.3 Å². The van der Waals surface area contributed by atoms with Gasteiger partial charge in [0, 0.05) is 26.2 Å². The number of amides is 2. The van der Waals surface area contributed by atoms with Gasteiger partial charge in [0.15, 0.2) is 0 Å². The van der Waals surface area contributed by atoms with Crippen LogP contribution in [0.25, 0.3) is 0 Å². The van der Waals surface area contributed by atoms with Crippen LogP contribution in [-0.2, 0) is 19.6 Å². The number of nitrogens with zero attached hydrogens (tertiary/aromatic N) is 3. The molecule has 0 bridgehead atoms. The van der Waals surface area contributed by atoms with E-state index in [2.05, 4.69) is 0 Å². The summed E-state index contributed by atoms with van der Waals surface area (Å²) in [6, 6.07) is 9.25. The number of imide groups is 1. The highest BCUT2D eigenvalue weighted by Crippen LogP contribution is 2.30. The van der Waals surface area contributed by atoms with Gasteiger partial charge < -0.3 is 4.74 Å². The molecule has 2 aliphatic rings. The molecule has 1 atom stereocenters. The fraction of sp³-hybridized carbons (Fsp3) is 0.364. The van der Waals surface area contributed by atoms with Crippen LogP contribution < -0.4 is 9.64 Å². The van der Waals surface area contributed by atoms with Crippen molar-refractivity contribution < 1.29 is 27.1 Å². The number of carbonyl (C=O) groups is 2. The van der Waals surface area contributed by atoms with Crippen LogP contribution >= 0.6 is 11.6 Å². The number of hydrogen-bond donors (Lipinski definition) is 0. The molecule has 2 amide bonds. The summed E-state index contributed by atoms with van der Waals surface area (Å²) in [6.45, 7) is 3.32. The fourth-order valence-electron chi connectivity index (χ4n) is 4.08. The highest BCUT2D eigenvalue weighted by atomic mass is 35.5. The van der Waals surface area contributed by atoms with Gasteiger partial charge in [-0.1, -0.05) is 11.6 Å². The molecule has 0 spiro atoms. The molecule has 0 N–H and O–H groups in total. The van der Waals surface area contributed by atoms with E-state index in [0.29, 0.717) is 25.4 Å². The van der Waals surface area contributed by atoms with E-state index >= 15 is 0 Å². The minimum Gasteiger partial charge on any atom is -0.494 e. The highest BCUT2D eigenvalue weighted by molar-refractivity contribution is 7.89. The Morgan fingerprint density at radius 2 is 1.73 bits per heavy atom. The van der Waals surface area contributed by atoms with E-state index in [-0.39, 0.29) is 35.1 Å². The van der Waals surface area contributed by atoms with Crippen molar-refractivity contribution in [1.29, 1.82) is 0 Å². The maximum Gasteiger partial charge on any atom is 0.251 e. The lowest BCUT2D eigenvalue weighted by Crippen LogP contribution is -2.53. The van der Waals surface area contributed by atoms with E-state index in [9.17, 15) is 22.4 Å². The first kappa shape index (κ1) is 23.6. The number of hydrogen-bond acceptors (Lipinski definition) is 6. The minimum atomic E-state index is -3.69. The van der Waals surface area contributed by atoms with Crippen molar-refractivity contribution >= 4 is 39.1 Å². The highest BCUT2D eigenvalue weighted by Gasteiger charge is 2.44. The normalized spacial score (nSPS) is 20.5. The van der Waals surface area contributed by atoms with Gasteiger partial charge in [-0.05, 0) is 49.4 Å². The zero-order valence-electron chi connectivity index (χ0n) is 17.9. The third-order valence-corrected chi connectivity index (χ3v) is 7.97. The second-order valence-corrected chi connectivity index (χ2v) is 10.1. The van der Waals surface area contributed by atoms with Gasteiger partial charge in [0.2, 0.25) is 15.9 Å². The SMILES string of the molecule is CCOc1ccc(S(=O)(=O)N2CCN([C@H]3CC(=O)N(c4ccc(F)c(Cl)c4)C3=O)CC2)cc1. The van der Waals surface area contributed by atoms with Gasteiger partial charge in [0.05, 0.1) is 34.7 Å². The molecular formula is C22H23ClFN3O5S. The molecule has 2 aromatic carbocycles. The Kier molecular flexibility index (Phi) is 6.71. The van der Waals surface area contributed by atoms with Crippen LogP contribution in [0.15, 0.2) is 47.4 Å². The summed E-state index contributed by atoms with van der Waals surface area (Å²) in [4.78, 5) is 28.5. The van der Waals surface area contributed by atoms with Crippen LogP contribution in [0.4, 0.5) is 10.1 Å². The quantitative estimate of drug-likeness (QED) is 0.572. The van der Waals surface area contributed by atoms with E-state index < -0.39 is 33.7 Å². The molecule has 2 saturated heterocycles. The summed E-state index contributed by atoms with van der Waals surface area (Å²) < 4.78 is 46.2. The Bertz CT molecular complexity index is 1170. The lowest BCUT2D eigenvalue weighted by molar-refractivity contribution is -0.123. The van der Waals surface area contributed by atoms with E-state index in [1.807, 2.05) is 11.8 Å². The Hall–Kier alpha value is -2.53. The summed E-state index contributed by atoms with van der Waals surface area (Å²) in [5.41, 5.74) is 0.218. The number of rotatable bonds is 6. The van der Waals surface area contributed by atoms with Gasteiger partial charge in [-0.25, -0.2) is 17.7 Å². The van der Waals surface area contributed by atoms with Crippen molar-refractivity contribution in [3.63, 3.8) is 0 Å². The Balaban J connectivity index is 1.42. The van der Waals surface area contributed by atoms with E-state index in [4.69, 9.17) is 16.3 Å². The molecule has 0 saturated carbocycles. The summed E-state index contributed by atoms with van der Waals surface area (Å²) in [7, 11) is -3.69. The first-order chi connectivity index (χ1) is 15.7. The largest absolute Gasteiger partial charge is 0.494 e. The number of carbonyl (C=O) groups excluding carboxylic acids is 2. The van der Waals surface area contributed by atoms with Gasteiger partial charge in [0.1, 0.15) is 11.6 Å². The predicted octanol–water partition coefficient (Wildman–Crippen LogP) is 2.52. The maximum atomic E-state index is 13.5. The Morgan fingerprint density at radius 1 is 1.06 bits per heavy atom. The molecule has 33 heavy (non-hydrogen) atoms. The van der Waals surface area contributed by atoms with Crippen molar-refractivity contribution in [3.05, 3.63) is 53.3 Å². The monoisotopic (exact) mass is 495 g/mol. The van der Waals surface area contributed by atoms with E-state index in [0.717, 1.165) is 11.0 Å². The smallest absolute Gasteiger partial charge is 0.251 e. The lowest BCUT2D eigenvalue weighted by Gasteiger charge is -2.36. The van der Waals surface area contributed by atoms with Crippen molar-refractivity contribution in [1.82, 2.24) is 9.21 Å². The van der Waals surface area contributed by atoms with Crippen molar-refractivity contribution in [3.8, 4) is 5.75 Å². The van der Waals surface area contributed by atoms with Crippen LogP contribution in [0.3, 0.4) is 0 Å². The molecule has 4 rings (SSSR count). The second kappa shape index (κ2) is 9.38. The van der Waals surface area contributed by atoms with Gasteiger partial charge in [-0.15, -0.1) is 0 Å². The molecule has 2 aromatic rings. The molecule has 176 valence electrons. The van der Waals surface area contributed by atoms with Crippen molar-refractivity contribution in [2.75, 3.05) is 37.7 Å². The summed E-state index contributed by atoms with van der Waals surface area (Å²) in [6.07, 6.45) is -0.0283. The summed E-state index contributed by atoms with van der Waals surface area (Å²) in [5.74, 6) is -0.874. The molecule has 0 aliphatic carbocycles. The number of halogens is 2. The molecule has 8 nitrogen and oxygen atoms in total. The first-order valence-corrected chi connectivity index (χ1v) is 12.3. The minimum absolute atomic E-state index is 0.0283. The Labute approximate surface area is 196 Å². The molecule has 2 fully saturated rings. The van der Waals surface area contributed by atoms with Gasteiger partial charge in [0.25, 0.3) is 5.91 Å². The molecule has 0 radical (unpaired) electrons. The fourth-order valence-corrected chi connectivity index (χ4v) is 5.67. The molecule has 0 aromatic heterocycles. The zero-order valence-corrected chi connectivity index (χ0v) is 19.5. The third-order valence-electron chi connectivity index (χ3n) is 5.77. The topological polar surface area (TPSA) is 87.2 Å². The molecule has 11 heteroatoms. The van der Waals surface area contributed by atoms with Crippen molar-refractivity contribution in [2.24, 2.45) is 0 Å². The van der Waals surface area contributed by atoms with Crippen LogP contribution in [-0.4, -0.2) is 68.3 Å². The number of ether oxygens (including phenoxy) is 1.